The average Bonchev–Trinajstić information content (AvgIpc) is 3.65. The maximum atomic E-state index is 15.2. The number of benzene rings is 4. The molecule has 0 radical (unpaired) electrons. The molecule has 3 aliphatic heterocycles. The predicted molar refractivity (Wildman–Crippen MR) is 262 cm³/mol. The summed E-state index contributed by atoms with van der Waals surface area (Å²) in [5.74, 6) is -1.09. The maximum Gasteiger partial charge on any atom is 0.275 e. The Morgan fingerprint density at radius 1 is 0.882 bits per heavy atom. The van der Waals surface area contributed by atoms with Crippen LogP contribution >= 0.6 is 11.6 Å². The SMILES string of the molecule is CCCCN(CCCC)C(=O)c1nn(-c2ccc(C(=O)NS(=O)(=O)c3ccc4cccc(OCCN5CCOCC5)c4c3)cc2C(=O)c2cccc3c2CC(CN2CCOCC2)NC3)c(C)c1Cl. The van der Waals surface area contributed by atoms with Crippen molar-refractivity contribution in [2.45, 2.75) is 70.4 Å². The lowest BCUT2D eigenvalue weighted by atomic mass is 9.87. The number of sulfonamides is 1. The van der Waals surface area contributed by atoms with Gasteiger partial charge in [0.05, 0.1) is 47.7 Å². The van der Waals surface area contributed by atoms with Gasteiger partial charge in [-0.1, -0.05) is 74.7 Å². The molecule has 1 atom stereocenters. The quantitative estimate of drug-likeness (QED) is 0.0873. The highest BCUT2D eigenvalue weighted by atomic mass is 35.5. The molecule has 17 heteroatoms. The van der Waals surface area contributed by atoms with Crippen LogP contribution in [0.5, 0.6) is 5.75 Å². The number of hydrogen-bond donors (Lipinski definition) is 2. The van der Waals surface area contributed by atoms with Gasteiger partial charge in [0, 0.05) is 87.0 Å². The summed E-state index contributed by atoms with van der Waals surface area (Å²) in [6.07, 6.45) is 4.05. The molecule has 2 amide bonds. The van der Waals surface area contributed by atoms with Gasteiger partial charge in [0.15, 0.2) is 11.5 Å². The zero-order valence-corrected chi connectivity index (χ0v) is 40.8. The summed E-state index contributed by atoms with van der Waals surface area (Å²) in [5, 5.41) is 9.93. The van der Waals surface area contributed by atoms with E-state index in [1.54, 1.807) is 36.1 Å². The number of hydrogen-bond acceptors (Lipinski definition) is 12. The lowest BCUT2D eigenvalue weighted by Gasteiger charge is -2.34. The molecule has 0 bridgehead atoms. The van der Waals surface area contributed by atoms with E-state index in [1.807, 2.05) is 24.3 Å². The Bertz CT molecular complexity index is 2730. The van der Waals surface area contributed by atoms with Gasteiger partial charge < -0.3 is 24.4 Å². The average molecular weight is 969 g/mol. The van der Waals surface area contributed by atoms with Crippen LogP contribution in [0.3, 0.4) is 0 Å². The molecular formula is C51H62ClN7O8S. The highest BCUT2D eigenvalue weighted by molar-refractivity contribution is 7.90. The third-order valence-electron chi connectivity index (χ3n) is 13.1. The molecule has 4 heterocycles. The molecule has 362 valence electrons. The van der Waals surface area contributed by atoms with Gasteiger partial charge in [-0.3, -0.25) is 24.2 Å². The highest BCUT2D eigenvalue weighted by Gasteiger charge is 2.31. The highest BCUT2D eigenvalue weighted by Crippen LogP contribution is 2.32. The zero-order chi connectivity index (χ0) is 47.8. The summed E-state index contributed by atoms with van der Waals surface area (Å²) < 4.78 is 49.0. The molecule has 2 N–H and O–H groups in total. The zero-order valence-electron chi connectivity index (χ0n) is 39.2. The van der Waals surface area contributed by atoms with E-state index in [0.717, 1.165) is 74.9 Å². The van der Waals surface area contributed by atoms with Gasteiger partial charge in [-0.25, -0.2) is 17.8 Å². The summed E-state index contributed by atoms with van der Waals surface area (Å²) in [5.41, 5.74) is 3.15. The first-order valence-electron chi connectivity index (χ1n) is 23.9. The number of nitrogens with one attached hydrogen (secondary N) is 2. The molecule has 8 rings (SSSR count). The number of halogens is 1. The predicted octanol–water partition coefficient (Wildman–Crippen LogP) is 6.44. The lowest BCUT2D eigenvalue weighted by Crippen LogP contribution is -2.48. The molecule has 0 saturated carbocycles. The van der Waals surface area contributed by atoms with Crippen molar-refractivity contribution in [3.05, 3.63) is 117 Å². The Morgan fingerprint density at radius 2 is 1.59 bits per heavy atom. The van der Waals surface area contributed by atoms with Gasteiger partial charge in [0.1, 0.15) is 12.4 Å². The number of fused-ring (bicyclic) bond motifs is 2. The molecule has 1 aromatic heterocycles. The summed E-state index contributed by atoms with van der Waals surface area (Å²) in [7, 11) is -4.43. The van der Waals surface area contributed by atoms with Crippen molar-refractivity contribution >= 4 is 50.0 Å². The van der Waals surface area contributed by atoms with Crippen molar-refractivity contribution in [1.82, 2.24) is 34.5 Å². The number of nitrogens with zero attached hydrogens (tertiary/aromatic N) is 5. The number of amides is 2. The van der Waals surface area contributed by atoms with Gasteiger partial charge in [0.25, 0.3) is 21.8 Å². The number of ketones is 1. The topological polar surface area (TPSA) is 165 Å². The largest absolute Gasteiger partial charge is 0.492 e. The fourth-order valence-electron chi connectivity index (χ4n) is 9.12. The number of morpholine rings is 2. The normalized spacial score (nSPS) is 16.9. The minimum absolute atomic E-state index is 0.0669. The summed E-state index contributed by atoms with van der Waals surface area (Å²) in [6, 6.07) is 20.3. The molecule has 5 aromatic rings. The van der Waals surface area contributed by atoms with E-state index < -0.39 is 15.9 Å². The molecule has 15 nitrogen and oxygen atoms in total. The number of ether oxygens (including phenoxy) is 3. The first kappa shape index (κ1) is 49.2. The lowest BCUT2D eigenvalue weighted by molar-refractivity contribution is 0.0323. The van der Waals surface area contributed by atoms with Crippen molar-refractivity contribution in [3.63, 3.8) is 0 Å². The molecule has 2 saturated heterocycles. The smallest absolute Gasteiger partial charge is 0.275 e. The van der Waals surface area contributed by atoms with E-state index in [4.69, 9.17) is 30.9 Å². The van der Waals surface area contributed by atoms with E-state index in [0.29, 0.717) is 88.0 Å². The first-order chi connectivity index (χ1) is 32.9. The first-order valence-corrected chi connectivity index (χ1v) is 25.7. The van der Waals surface area contributed by atoms with Crippen LogP contribution in [0.15, 0.2) is 77.7 Å². The molecule has 2 fully saturated rings. The van der Waals surface area contributed by atoms with Crippen LogP contribution in [0, 0.1) is 6.92 Å². The molecular weight excluding hydrogens is 906 g/mol. The number of carbonyl (C=O) groups excluding carboxylic acids is 3. The van der Waals surface area contributed by atoms with Gasteiger partial charge in [-0.15, -0.1) is 0 Å². The van der Waals surface area contributed by atoms with Crippen LogP contribution in [0.25, 0.3) is 16.5 Å². The summed E-state index contributed by atoms with van der Waals surface area (Å²) in [6.45, 7) is 15.4. The number of aromatic nitrogens is 2. The molecule has 0 spiro atoms. The van der Waals surface area contributed by atoms with Crippen LogP contribution in [0.2, 0.25) is 5.02 Å². The van der Waals surface area contributed by atoms with Crippen LogP contribution in [0.1, 0.15) is 93.1 Å². The molecule has 4 aromatic carbocycles. The van der Waals surface area contributed by atoms with E-state index >= 15 is 4.79 Å². The third kappa shape index (κ3) is 11.3. The number of carbonyl (C=O) groups is 3. The maximum absolute atomic E-state index is 15.2. The van der Waals surface area contributed by atoms with Gasteiger partial charge in [0.2, 0.25) is 0 Å². The van der Waals surface area contributed by atoms with Crippen molar-refractivity contribution in [3.8, 4) is 11.4 Å². The molecule has 1 unspecified atom stereocenters. The van der Waals surface area contributed by atoms with Crippen molar-refractivity contribution in [2.75, 3.05) is 85.4 Å². The van der Waals surface area contributed by atoms with Crippen molar-refractivity contribution < 1.29 is 37.0 Å². The number of unbranched alkanes of at least 4 members (excludes halogenated alkanes) is 2. The second-order valence-electron chi connectivity index (χ2n) is 17.7. The fourth-order valence-corrected chi connectivity index (χ4v) is 10.3. The fraction of sp³-hybridized carbons (Fsp3) is 0.451. The van der Waals surface area contributed by atoms with E-state index in [1.165, 1.54) is 28.9 Å². The minimum atomic E-state index is -4.43. The molecule has 3 aliphatic rings. The van der Waals surface area contributed by atoms with Gasteiger partial charge in [-0.05, 0) is 79.1 Å². The Kier molecular flexibility index (Phi) is 16.3. The third-order valence-corrected chi connectivity index (χ3v) is 14.9. The van der Waals surface area contributed by atoms with E-state index in [9.17, 15) is 18.0 Å². The summed E-state index contributed by atoms with van der Waals surface area (Å²) >= 11 is 6.95. The second-order valence-corrected chi connectivity index (χ2v) is 19.8. The monoisotopic (exact) mass is 967 g/mol. The molecule has 68 heavy (non-hydrogen) atoms. The van der Waals surface area contributed by atoms with Crippen LogP contribution < -0.4 is 14.8 Å². The second kappa shape index (κ2) is 22.5. The summed E-state index contributed by atoms with van der Waals surface area (Å²) in [4.78, 5) is 49.8. The van der Waals surface area contributed by atoms with Crippen LogP contribution in [-0.2, 0) is 32.5 Å². The Labute approximate surface area is 404 Å². The van der Waals surface area contributed by atoms with Gasteiger partial charge in [-0.2, -0.15) is 5.10 Å². The van der Waals surface area contributed by atoms with E-state index in [-0.39, 0.29) is 50.2 Å². The Morgan fingerprint density at radius 3 is 2.31 bits per heavy atom. The van der Waals surface area contributed by atoms with Crippen molar-refractivity contribution in [2.24, 2.45) is 0 Å². The van der Waals surface area contributed by atoms with Crippen LogP contribution in [-0.4, -0.2) is 142 Å². The van der Waals surface area contributed by atoms with Crippen molar-refractivity contribution in [1.29, 1.82) is 0 Å². The van der Waals surface area contributed by atoms with Gasteiger partial charge >= 0.3 is 0 Å². The Balaban J connectivity index is 1.12. The molecule has 0 aliphatic carbocycles. The van der Waals surface area contributed by atoms with Crippen LogP contribution in [0.4, 0.5) is 0 Å². The Hall–Kier alpha value is -5.20. The van der Waals surface area contributed by atoms with E-state index in [2.05, 4.69) is 33.7 Å². The standard InChI is InChI=1S/C51H62ClN7O8S/c1-4-6-18-58(19-7-5-2)51(62)48-47(52)35(3)59(54-48)45-17-15-37(30-44(45)49(60)41-12-8-11-38-33-53-39(31-42(38)41)34-57-22-27-66-28-23-57)50(61)55-68(63,64)40-16-14-36-10-9-13-46(43(36)32-40)67-29-24-56-20-25-65-26-21-56/h8-17,30,32,39,53H,4-7,18-29,31,33-34H2,1-3H3,(H,55,61). The minimum Gasteiger partial charge on any atom is -0.492 e. The number of rotatable bonds is 19.